The van der Waals surface area contributed by atoms with Gasteiger partial charge in [0.25, 0.3) is 0 Å². The SMILES string of the molecule is CCN(CC(=O)N(C)C)c1ccc2cnccc2c1N. The van der Waals surface area contributed by atoms with Gasteiger partial charge in [0.15, 0.2) is 0 Å². The van der Waals surface area contributed by atoms with E-state index in [-0.39, 0.29) is 5.91 Å². The summed E-state index contributed by atoms with van der Waals surface area (Å²) in [5, 5.41) is 1.97. The molecule has 2 N–H and O–H groups in total. The van der Waals surface area contributed by atoms with Gasteiger partial charge < -0.3 is 15.5 Å². The first-order chi connectivity index (χ1) is 9.54. The maximum Gasteiger partial charge on any atom is 0.241 e. The molecular formula is C15H20N4O. The molecule has 0 fully saturated rings. The Labute approximate surface area is 119 Å². The average molecular weight is 272 g/mol. The van der Waals surface area contributed by atoms with E-state index in [0.29, 0.717) is 12.2 Å². The lowest BCUT2D eigenvalue weighted by atomic mass is 10.1. The summed E-state index contributed by atoms with van der Waals surface area (Å²) in [7, 11) is 3.51. The highest BCUT2D eigenvalue weighted by Crippen LogP contribution is 2.30. The van der Waals surface area contributed by atoms with Crippen LogP contribution < -0.4 is 10.6 Å². The molecule has 2 rings (SSSR count). The highest BCUT2D eigenvalue weighted by Gasteiger charge is 2.15. The second-order valence-electron chi connectivity index (χ2n) is 4.90. The van der Waals surface area contributed by atoms with Crippen molar-refractivity contribution in [3.05, 3.63) is 30.6 Å². The second kappa shape index (κ2) is 5.77. The van der Waals surface area contributed by atoms with Gasteiger partial charge in [-0.3, -0.25) is 9.78 Å². The van der Waals surface area contributed by atoms with Gasteiger partial charge in [-0.05, 0) is 19.1 Å². The first-order valence-corrected chi connectivity index (χ1v) is 6.62. The number of fused-ring (bicyclic) bond motifs is 1. The third kappa shape index (κ3) is 2.66. The average Bonchev–Trinajstić information content (AvgIpc) is 2.45. The van der Waals surface area contributed by atoms with E-state index in [1.54, 1.807) is 31.4 Å². The minimum absolute atomic E-state index is 0.0566. The molecule has 0 atom stereocenters. The summed E-state index contributed by atoms with van der Waals surface area (Å²) in [6.45, 7) is 3.06. The Kier molecular flexibility index (Phi) is 4.08. The van der Waals surface area contributed by atoms with Gasteiger partial charge in [-0.2, -0.15) is 0 Å². The highest BCUT2D eigenvalue weighted by molar-refractivity contribution is 5.99. The van der Waals surface area contributed by atoms with Crippen LogP contribution >= 0.6 is 0 Å². The molecular weight excluding hydrogens is 252 g/mol. The van der Waals surface area contributed by atoms with Crippen LogP contribution in [0.2, 0.25) is 0 Å². The number of nitrogens with zero attached hydrogens (tertiary/aromatic N) is 3. The number of pyridine rings is 1. The Balaban J connectivity index is 2.39. The number of likely N-dealkylation sites (N-methyl/N-ethyl adjacent to an activating group) is 2. The van der Waals surface area contributed by atoms with Crippen LogP contribution in [0.4, 0.5) is 11.4 Å². The third-order valence-corrected chi connectivity index (χ3v) is 3.39. The number of aromatic nitrogens is 1. The fourth-order valence-corrected chi connectivity index (χ4v) is 2.13. The van der Waals surface area contributed by atoms with Crippen LogP contribution in [0.3, 0.4) is 0 Å². The summed E-state index contributed by atoms with van der Waals surface area (Å²) < 4.78 is 0. The molecule has 1 heterocycles. The zero-order valence-electron chi connectivity index (χ0n) is 12.1. The Morgan fingerprint density at radius 2 is 2.05 bits per heavy atom. The molecule has 106 valence electrons. The number of nitrogen functional groups attached to an aromatic ring is 1. The molecule has 0 aliphatic heterocycles. The van der Waals surface area contributed by atoms with Crippen molar-refractivity contribution in [3.8, 4) is 0 Å². The van der Waals surface area contributed by atoms with Gasteiger partial charge in [-0.1, -0.05) is 6.07 Å². The van der Waals surface area contributed by atoms with Crippen molar-refractivity contribution < 1.29 is 4.79 Å². The van der Waals surface area contributed by atoms with Crippen molar-refractivity contribution in [3.63, 3.8) is 0 Å². The standard InChI is InChI=1S/C15H20N4O/c1-4-19(10-14(20)18(2)3)13-6-5-11-9-17-8-7-12(11)15(13)16/h5-9H,4,10,16H2,1-3H3. The predicted molar refractivity (Wildman–Crippen MR) is 82.7 cm³/mol. The molecule has 0 radical (unpaired) electrons. The number of rotatable bonds is 4. The van der Waals surface area contributed by atoms with Crippen molar-refractivity contribution in [1.82, 2.24) is 9.88 Å². The molecule has 0 spiro atoms. The van der Waals surface area contributed by atoms with E-state index in [1.165, 1.54) is 0 Å². The van der Waals surface area contributed by atoms with E-state index in [0.717, 1.165) is 23.0 Å². The second-order valence-corrected chi connectivity index (χ2v) is 4.90. The fraction of sp³-hybridized carbons (Fsp3) is 0.333. The summed E-state index contributed by atoms with van der Waals surface area (Å²) in [4.78, 5) is 19.6. The first-order valence-electron chi connectivity index (χ1n) is 6.62. The summed E-state index contributed by atoms with van der Waals surface area (Å²) in [5.41, 5.74) is 7.84. The van der Waals surface area contributed by atoms with Gasteiger partial charge in [0.1, 0.15) is 0 Å². The number of carbonyl (C=O) groups excluding carboxylic acids is 1. The molecule has 1 aromatic heterocycles. The molecule has 2 aromatic rings. The van der Waals surface area contributed by atoms with Crippen LogP contribution in [0.5, 0.6) is 0 Å². The van der Waals surface area contributed by atoms with E-state index in [2.05, 4.69) is 4.98 Å². The molecule has 5 nitrogen and oxygen atoms in total. The van der Waals surface area contributed by atoms with Crippen molar-refractivity contribution in [2.75, 3.05) is 37.8 Å². The largest absolute Gasteiger partial charge is 0.397 e. The normalized spacial score (nSPS) is 10.6. The molecule has 0 aliphatic rings. The highest BCUT2D eigenvalue weighted by atomic mass is 16.2. The minimum atomic E-state index is 0.0566. The number of carbonyl (C=O) groups is 1. The molecule has 0 bridgehead atoms. The van der Waals surface area contributed by atoms with Crippen molar-refractivity contribution in [2.24, 2.45) is 0 Å². The topological polar surface area (TPSA) is 62.5 Å². The van der Waals surface area contributed by atoms with Crippen LogP contribution in [0, 0.1) is 0 Å². The van der Waals surface area contributed by atoms with Crippen molar-refractivity contribution in [2.45, 2.75) is 6.92 Å². The molecule has 1 amide bonds. The van der Waals surface area contributed by atoms with Crippen LogP contribution in [0.15, 0.2) is 30.6 Å². The quantitative estimate of drug-likeness (QED) is 0.861. The lowest BCUT2D eigenvalue weighted by molar-refractivity contribution is -0.127. The molecule has 5 heteroatoms. The van der Waals surface area contributed by atoms with Crippen molar-refractivity contribution >= 4 is 28.1 Å². The molecule has 1 aromatic carbocycles. The molecule has 0 saturated heterocycles. The number of benzene rings is 1. The van der Waals surface area contributed by atoms with Gasteiger partial charge in [0.05, 0.1) is 17.9 Å². The van der Waals surface area contributed by atoms with Gasteiger partial charge >= 0.3 is 0 Å². The van der Waals surface area contributed by atoms with E-state index >= 15 is 0 Å². The Hall–Kier alpha value is -2.30. The van der Waals surface area contributed by atoms with Crippen LogP contribution in [-0.4, -0.2) is 43.0 Å². The lowest BCUT2D eigenvalue weighted by Gasteiger charge is -2.26. The number of hydrogen-bond donors (Lipinski definition) is 1. The van der Waals surface area contributed by atoms with Gasteiger partial charge in [-0.25, -0.2) is 0 Å². The molecule has 0 aliphatic carbocycles. The van der Waals surface area contributed by atoms with Gasteiger partial charge in [0.2, 0.25) is 5.91 Å². The van der Waals surface area contributed by atoms with E-state index in [1.807, 2.05) is 30.0 Å². The molecule has 20 heavy (non-hydrogen) atoms. The number of nitrogens with two attached hydrogens (primary N) is 1. The Bertz CT molecular complexity index is 624. The first kappa shape index (κ1) is 14.1. The summed E-state index contributed by atoms with van der Waals surface area (Å²) in [6, 6.07) is 5.83. The van der Waals surface area contributed by atoms with E-state index < -0.39 is 0 Å². The molecule has 0 saturated carbocycles. The van der Waals surface area contributed by atoms with E-state index in [4.69, 9.17) is 5.73 Å². The van der Waals surface area contributed by atoms with Crippen molar-refractivity contribution in [1.29, 1.82) is 0 Å². The minimum Gasteiger partial charge on any atom is -0.397 e. The summed E-state index contributed by atoms with van der Waals surface area (Å²) in [6.07, 6.45) is 3.51. The Morgan fingerprint density at radius 1 is 1.30 bits per heavy atom. The summed E-state index contributed by atoms with van der Waals surface area (Å²) in [5.74, 6) is 0.0566. The monoisotopic (exact) mass is 272 g/mol. The fourth-order valence-electron chi connectivity index (χ4n) is 2.13. The van der Waals surface area contributed by atoms with E-state index in [9.17, 15) is 4.79 Å². The van der Waals surface area contributed by atoms with Crippen LogP contribution in [-0.2, 0) is 4.79 Å². The zero-order valence-corrected chi connectivity index (χ0v) is 12.1. The summed E-state index contributed by atoms with van der Waals surface area (Å²) >= 11 is 0. The number of hydrogen-bond acceptors (Lipinski definition) is 4. The molecule has 0 unspecified atom stereocenters. The van der Waals surface area contributed by atoms with Crippen LogP contribution in [0.25, 0.3) is 10.8 Å². The Morgan fingerprint density at radius 3 is 2.70 bits per heavy atom. The maximum atomic E-state index is 11.9. The van der Waals surface area contributed by atoms with Gasteiger partial charge in [-0.15, -0.1) is 0 Å². The van der Waals surface area contributed by atoms with Gasteiger partial charge in [0, 0.05) is 43.8 Å². The predicted octanol–water partition coefficient (Wildman–Crippen LogP) is 1.73. The third-order valence-electron chi connectivity index (χ3n) is 3.39. The zero-order chi connectivity index (χ0) is 14.7. The van der Waals surface area contributed by atoms with Crippen LogP contribution in [0.1, 0.15) is 6.92 Å². The lowest BCUT2D eigenvalue weighted by Crippen LogP contribution is -2.36. The smallest absolute Gasteiger partial charge is 0.241 e. The number of amides is 1. The number of anilines is 2. The maximum absolute atomic E-state index is 11.9.